The standard InChI is InChI=1S/C27H42N4O4/c32-26(33)11-15-28-16-18-30(19-17-28)21-25-22-31(27(34)35-25)12-5-4-6-23-9-13-29(14-10-23)20-24-7-2-1-3-8-24/h1-3,7-8,23,25H,4-6,9-22H2,(H,32,33). The fourth-order valence-electron chi connectivity index (χ4n) is 5.60. The summed E-state index contributed by atoms with van der Waals surface area (Å²) >= 11 is 0. The summed E-state index contributed by atoms with van der Waals surface area (Å²) in [6.07, 6.45) is 6.03. The first-order valence-electron chi connectivity index (χ1n) is 13.4. The number of unbranched alkanes of at least 4 members (excludes halogenated alkanes) is 1. The minimum atomic E-state index is -0.741. The van der Waals surface area contributed by atoms with Crippen LogP contribution in [0.5, 0.6) is 0 Å². The van der Waals surface area contributed by atoms with E-state index in [4.69, 9.17) is 9.84 Å². The van der Waals surface area contributed by atoms with Crippen molar-refractivity contribution >= 4 is 12.1 Å². The zero-order valence-electron chi connectivity index (χ0n) is 21.0. The van der Waals surface area contributed by atoms with Gasteiger partial charge in [0.1, 0.15) is 6.10 Å². The van der Waals surface area contributed by atoms with Crippen LogP contribution in [0.25, 0.3) is 0 Å². The average molecular weight is 487 g/mol. The van der Waals surface area contributed by atoms with Crippen LogP contribution in [-0.4, -0.2) is 108 Å². The smallest absolute Gasteiger partial charge is 0.410 e. The first kappa shape index (κ1) is 25.9. The predicted molar refractivity (Wildman–Crippen MR) is 135 cm³/mol. The molecule has 1 unspecified atom stereocenters. The van der Waals surface area contributed by atoms with Crippen molar-refractivity contribution in [1.82, 2.24) is 19.6 Å². The number of piperidine rings is 1. The summed E-state index contributed by atoms with van der Waals surface area (Å²) in [5.41, 5.74) is 1.40. The van der Waals surface area contributed by atoms with Gasteiger partial charge in [-0.05, 0) is 43.8 Å². The fraction of sp³-hybridized carbons (Fsp3) is 0.704. The van der Waals surface area contributed by atoms with E-state index in [1.54, 1.807) is 0 Å². The van der Waals surface area contributed by atoms with Gasteiger partial charge in [-0.2, -0.15) is 0 Å². The Morgan fingerprint density at radius 3 is 2.34 bits per heavy atom. The topological polar surface area (TPSA) is 76.6 Å². The number of carboxylic acids is 1. The Morgan fingerprint density at radius 1 is 0.914 bits per heavy atom. The van der Waals surface area contributed by atoms with Crippen LogP contribution in [0.3, 0.4) is 0 Å². The lowest BCUT2D eigenvalue weighted by Crippen LogP contribution is -2.49. The number of carboxylic acid groups (broad SMARTS) is 1. The number of amides is 1. The second-order valence-electron chi connectivity index (χ2n) is 10.4. The van der Waals surface area contributed by atoms with Crippen molar-refractivity contribution < 1.29 is 19.4 Å². The number of aliphatic carboxylic acids is 1. The summed E-state index contributed by atoms with van der Waals surface area (Å²) in [4.78, 5) is 32.1. The van der Waals surface area contributed by atoms with Gasteiger partial charge < -0.3 is 19.6 Å². The summed E-state index contributed by atoms with van der Waals surface area (Å²) in [6, 6.07) is 10.7. The molecule has 0 bridgehead atoms. The van der Waals surface area contributed by atoms with Crippen molar-refractivity contribution in [3.05, 3.63) is 35.9 Å². The second kappa shape index (κ2) is 13.2. The lowest BCUT2D eigenvalue weighted by atomic mass is 9.91. The number of benzene rings is 1. The fourth-order valence-corrected chi connectivity index (χ4v) is 5.60. The molecule has 1 aromatic rings. The van der Waals surface area contributed by atoms with Gasteiger partial charge in [0.25, 0.3) is 0 Å². The van der Waals surface area contributed by atoms with Gasteiger partial charge in [0, 0.05) is 52.4 Å². The van der Waals surface area contributed by atoms with Crippen LogP contribution in [0.1, 0.15) is 44.1 Å². The number of likely N-dealkylation sites (tertiary alicyclic amines) is 1. The largest absolute Gasteiger partial charge is 0.481 e. The number of nitrogens with zero attached hydrogens (tertiary/aromatic N) is 4. The van der Waals surface area contributed by atoms with E-state index in [0.717, 1.165) is 58.2 Å². The maximum absolute atomic E-state index is 12.3. The number of rotatable bonds is 12. The lowest BCUT2D eigenvalue weighted by Gasteiger charge is -2.35. The Hall–Kier alpha value is -2.16. The Morgan fingerprint density at radius 2 is 1.63 bits per heavy atom. The molecule has 0 saturated carbocycles. The molecule has 194 valence electrons. The normalized spacial score (nSPS) is 23.0. The molecule has 0 radical (unpaired) electrons. The van der Waals surface area contributed by atoms with Gasteiger partial charge in [-0.3, -0.25) is 14.6 Å². The zero-order chi connectivity index (χ0) is 24.5. The van der Waals surface area contributed by atoms with Gasteiger partial charge in [-0.15, -0.1) is 0 Å². The number of hydrogen-bond donors (Lipinski definition) is 1. The van der Waals surface area contributed by atoms with Crippen LogP contribution in [-0.2, 0) is 16.1 Å². The van der Waals surface area contributed by atoms with Crippen LogP contribution in [0.15, 0.2) is 30.3 Å². The summed E-state index contributed by atoms with van der Waals surface area (Å²) in [7, 11) is 0. The second-order valence-corrected chi connectivity index (χ2v) is 10.4. The SMILES string of the molecule is O=C(O)CCN1CCN(CC2CN(CCCCC3CCN(Cc4ccccc4)CC3)C(=O)O2)CC1. The average Bonchev–Trinajstić information content (AvgIpc) is 3.21. The van der Waals surface area contributed by atoms with Crippen molar-refractivity contribution in [1.29, 1.82) is 0 Å². The van der Waals surface area contributed by atoms with E-state index in [1.165, 1.54) is 44.3 Å². The summed E-state index contributed by atoms with van der Waals surface area (Å²) in [5.74, 6) is 0.0732. The first-order chi connectivity index (χ1) is 17.0. The Bertz CT molecular complexity index is 792. The molecule has 0 spiro atoms. The lowest BCUT2D eigenvalue weighted by molar-refractivity contribution is -0.137. The highest BCUT2D eigenvalue weighted by Gasteiger charge is 2.32. The highest BCUT2D eigenvalue weighted by Crippen LogP contribution is 2.24. The van der Waals surface area contributed by atoms with Gasteiger partial charge in [0.15, 0.2) is 0 Å². The molecule has 1 N–H and O–H groups in total. The third kappa shape index (κ3) is 8.47. The van der Waals surface area contributed by atoms with E-state index in [1.807, 2.05) is 4.90 Å². The molecule has 8 nitrogen and oxygen atoms in total. The maximum Gasteiger partial charge on any atom is 0.410 e. The maximum atomic E-state index is 12.3. The molecule has 3 aliphatic heterocycles. The number of hydrogen-bond acceptors (Lipinski definition) is 6. The monoisotopic (exact) mass is 486 g/mol. The van der Waals surface area contributed by atoms with E-state index in [2.05, 4.69) is 45.0 Å². The van der Waals surface area contributed by atoms with Crippen LogP contribution in [0.4, 0.5) is 4.79 Å². The molecule has 3 aliphatic rings. The van der Waals surface area contributed by atoms with Gasteiger partial charge in [-0.25, -0.2) is 4.79 Å². The predicted octanol–water partition coefficient (Wildman–Crippen LogP) is 2.98. The molecule has 3 heterocycles. The van der Waals surface area contributed by atoms with Crippen LogP contribution in [0, 0.1) is 5.92 Å². The number of carbonyl (C=O) groups excluding carboxylic acids is 1. The van der Waals surface area contributed by atoms with Gasteiger partial charge in [0.05, 0.1) is 13.0 Å². The van der Waals surface area contributed by atoms with Crippen LogP contribution < -0.4 is 0 Å². The molecule has 1 aromatic carbocycles. The van der Waals surface area contributed by atoms with E-state index >= 15 is 0 Å². The van der Waals surface area contributed by atoms with Gasteiger partial charge in [-0.1, -0.05) is 43.2 Å². The van der Waals surface area contributed by atoms with Crippen molar-refractivity contribution in [2.24, 2.45) is 5.92 Å². The van der Waals surface area contributed by atoms with Gasteiger partial charge in [0.2, 0.25) is 0 Å². The van der Waals surface area contributed by atoms with Crippen molar-refractivity contribution in [3.8, 4) is 0 Å². The Labute approximate surface area is 209 Å². The minimum Gasteiger partial charge on any atom is -0.481 e. The molecule has 35 heavy (non-hydrogen) atoms. The molecule has 0 aliphatic carbocycles. The minimum absolute atomic E-state index is 0.0537. The molecular weight excluding hydrogens is 444 g/mol. The van der Waals surface area contributed by atoms with Gasteiger partial charge >= 0.3 is 12.1 Å². The molecular formula is C27H42N4O4. The van der Waals surface area contributed by atoms with Crippen molar-refractivity contribution in [2.75, 3.05) is 65.4 Å². The highest BCUT2D eigenvalue weighted by molar-refractivity contribution is 5.69. The zero-order valence-corrected chi connectivity index (χ0v) is 21.0. The number of cyclic esters (lactones) is 1. The number of ether oxygens (including phenoxy) is 1. The van der Waals surface area contributed by atoms with E-state index in [0.29, 0.717) is 13.1 Å². The molecule has 1 amide bonds. The van der Waals surface area contributed by atoms with Crippen LogP contribution in [0.2, 0.25) is 0 Å². The molecule has 0 aromatic heterocycles. The van der Waals surface area contributed by atoms with E-state index in [-0.39, 0.29) is 18.6 Å². The molecule has 3 fully saturated rings. The first-order valence-corrected chi connectivity index (χ1v) is 13.4. The molecule has 3 saturated heterocycles. The molecule has 1 atom stereocenters. The van der Waals surface area contributed by atoms with Crippen LogP contribution >= 0.6 is 0 Å². The number of piperazine rings is 1. The Kier molecular flexibility index (Phi) is 9.80. The number of carbonyl (C=O) groups is 2. The molecule has 8 heteroatoms. The van der Waals surface area contributed by atoms with Crippen molar-refractivity contribution in [2.45, 2.75) is 51.2 Å². The molecule has 4 rings (SSSR count). The third-order valence-electron chi connectivity index (χ3n) is 7.76. The van der Waals surface area contributed by atoms with E-state index in [9.17, 15) is 9.59 Å². The summed E-state index contributed by atoms with van der Waals surface area (Å²) in [5, 5.41) is 8.84. The van der Waals surface area contributed by atoms with E-state index < -0.39 is 5.97 Å². The highest BCUT2D eigenvalue weighted by atomic mass is 16.6. The quantitative estimate of drug-likeness (QED) is 0.455. The summed E-state index contributed by atoms with van der Waals surface area (Å²) in [6.45, 7) is 9.87. The summed E-state index contributed by atoms with van der Waals surface area (Å²) < 4.78 is 5.64. The van der Waals surface area contributed by atoms with Crippen molar-refractivity contribution in [3.63, 3.8) is 0 Å². The third-order valence-corrected chi connectivity index (χ3v) is 7.76. The Balaban J connectivity index is 1.05.